The van der Waals surface area contributed by atoms with Crippen LogP contribution in [0.3, 0.4) is 0 Å². The predicted octanol–water partition coefficient (Wildman–Crippen LogP) is 1.19. The molecule has 0 bridgehead atoms. The smallest absolute Gasteiger partial charge is 0.261 e. The van der Waals surface area contributed by atoms with Gasteiger partial charge < -0.3 is 4.90 Å². The third-order valence-corrected chi connectivity index (χ3v) is 2.75. The van der Waals surface area contributed by atoms with Gasteiger partial charge in [-0.25, -0.2) is 4.21 Å². The highest BCUT2D eigenvalue weighted by Crippen LogP contribution is 2.13. The van der Waals surface area contributed by atoms with Crippen LogP contribution in [-0.2, 0) is 11.3 Å². The Kier molecular flexibility index (Phi) is 4.74. The van der Waals surface area contributed by atoms with Crippen molar-refractivity contribution in [3.63, 3.8) is 0 Å². The Balaban J connectivity index is 2.71. The van der Waals surface area contributed by atoms with E-state index in [1.165, 1.54) is 4.31 Å². The van der Waals surface area contributed by atoms with E-state index >= 15 is 0 Å². The molecule has 15 heavy (non-hydrogen) atoms. The normalized spacial score (nSPS) is 12.8. The van der Waals surface area contributed by atoms with Crippen LogP contribution in [0.1, 0.15) is 0 Å². The molecule has 0 amide bonds. The molecule has 0 spiro atoms. The highest BCUT2D eigenvalue weighted by Gasteiger charge is 2.11. The molecule has 0 fully saturated rings. The molecule has 1 atom stereocenters. The number of para-hydroxylation sites is 1. The van der Waals surface area contributed by atoms with E-state index in [1.54, 1.807) is 0 Å². The first-order valence-electron chi connectivity index (χ1n) is 4.69. The summed E-state index contributed by atoms with van der Waals surface area (Å²) in [6, 6.07) is 9.23. The molecule has 0 aliphatic heterocycles. The third kappa shape index (κ3) is 3.99. The number of benzene rings is 1. The topological polar surface area (TPSA) is 43.8 Å². The van der Waals surface area contributed by atoms with Crippen molar-refractivity contribution in [1.29, 1.82) is 0 Å². The first kappa shape index (κ1) is 12.2. The van der Waals surface area contributed by atoms with Crippen LogP contribution in [-0.4, -0.2) is 40.8 Å². The molecule has 1 aromatic rings. The minimum absolute atomic E-state index is 0.528. The Hall–Kier alpha value is -0.910. The van der Waals surface area contributed by atoms with Crippen molar-refractivity contribution >= 4 is 17.0 Å². The summed E-state index contributed by atoms with van der Waals surface area (Å²) in [4.78, 5) is 1.98. The highest BCUT2D eigenvalue weighted by atomic mass is 32.2. The summed E-state index contributed by atoms with van der Waals surface area (Å²) in [6.07, 6.45) is 0. The lowest BCUT2D eigenvalue weighted by molar-refractivity contribution is 0.418. The summed E-state index contributed by atoms with van der Waals surface area (Å²) in [7, 11) is 3.87. The quantitative estimate of drug-likeness (QED) is 0.770. The van der Waals surface area contributed by atoms with Crippen LogP contribution in [0.2, 0.25) is 0 Å². The van der Waals surface area contributed by atoms with Crippen LogP contribution in [0.5, 0.6) is 0 Å². The second-order valence-corrected chi connectivity index (χ2v) is 4.37. The van der Waals surface area contributed by atoms with Gasteiger partial charge in [0.2, 0.25) is 0 Å². The molecule has 84 valence electrons. The first-order valence-corrected chi connectivity index (χ1v) is 5.76. The van der Waals surface area contributed by atoms with Crippen molar-refractivity contribution in [2.75, 3.05) is 31.5 Å². The van der Waals surface area contributed by atoms with Crippen molar-refractivity contribution < 1.29 is 8.76 Å². The van der Waals surface area contributed by atoms with Gasteiger partial charge in [-0.05, 0) is 26.2 Å². The van der Waals surface area contributed by atoms with Gasteiger partial charge in [0.25, 0.3) is 11.3 Å². The van der Waals surface area contributed by atoms with E-state index in [1.807, 2.05) is 49.3 Å². The van der Waals surface area contributed by atoms with Gasteiger partial charge >= 0.3 is 0 Å². The number of likely N-dealkylation sites (N-methyl/N-ethyl adjacent to an activating group) is 1. The molecule has 5 heteroatoms. The van der Waals surface area contributed by atoms with Crippen LogP contribution >= 0.6 is 0 Å². The largest absolute Gasteiger partial charge is 0.308 e. The van der Waals surface area contributed by atoms with E-state index < -0.39 is 11.3 Å². The molecule has 0 aliphatic carbocycles. The molecule has 0 aromatic heterocycles. The summed E-state index contributed by atoms with van der Waals surface area (Å²) < 4.78 is 21.7. The Labute approximate surface area is 92.9 Å². The minimum atomic E-state index is -1.96. The van der Waals surface area contributed by atoms with Gasteiger partial charge in [-0.15, -0.1) is 0 Å². The van der Waals surface area contributed by atoms with Gasteiger partial charge in [-0.2, -0.15) is 0 Å². The van der Waals surface area contributed by atoms with Gasteiger partial charge in [0.1, 0.15) is 0 Å². The van der Waals surface area contributed by atoms with Crippen molar-refractivity contribution in [3.8, 4) is 0 Å². The van der Waals surface area contributed by atoms with E-state index in [4.69, 9.17) is 4.55 Å². The number of rotatable bonds is 5. The molecule has 0 radical (unpaired) electrons. The second kappa shape index (κ2) is 5.85. The standard InChI is InChI=1S/C10H16N2O2S/c1-11(2)8-9-12(15(13)14)10-6-4-3-5-7-10/h3-7H,8-9H2,1-2H3,(H,13,14). The summed E-state index contributed by atoms with van der Waals surface area (Å²) in [5.41, 5.74) is 0.764. The Morgan fingerprint density at radius 1 is 1.20 bits per heavy atom. The fraction of sp³-hybridized carbons (Fsp3) is 0.400. The maximum atomic E-state index is 11.1. The van der Waals surface area contributed by atoms with Crippen LogP contribution in [0.4, 0.5) is 5.69 Å². The molecule has 0 aliphatic rings. The maximum Gasteiger partial charge on any atom is 0.261 e. The van der Waals surface area contributed by atoms with Crippen molar-refractivity contribution in [2.24, 2.45) is 0 Å². The fourth-order valence-corrected chi connectivity index (χ4v) is 1.72. The molecule has 1 unspecified atom stereocenters. The zero-order valence-corrected chi connectivity index (χ0v) is 9.78. The zero-order valence-electron chi connectivity index (χ0n) is 8.96. The number of hydrogen-bond donors (Lipinski definition) is 1. The molecule has 1 aromatic carbocycles. The molecular weight excluding hydrogens is 212 g/mol. The Morgan fingerprint density at radius 2 is 1.80 bits per heavy atom. The summed E-state index contributed by atoms with van der Waals surface area (Å²) in [6.45, 7) is 1.27. The fourth-order valence-electron chi connectivity index (χ4n) is 1.18. The van der Waals surface area contributed by atoms with E-state index in [9.17, 15) is 4.21 Å². The average Bonchev–Trinajstić information content (AvgIpc) is 2.18. The molecule has 4 nitrogen and oxygen atoms in total. The van der Waals surface area contributed by atoms with E-state index in [0.717, 1.165) is 12.2 Å². The summed E-state index contributed by atoms with van der Waals surface area (Å²) in [5.74, 6) is 0. The van der Waals surface area contributed by atoms with E-state index in [2.05, 4.69) is 0 Å². The van der Waals surface area contributed by atoms with Crippen LogP contribution in [0, 0.1) is 0 Å². The predicted molar refractivity (Wildman–Crippen MR) is 63.1 cm³/mol. The minimum Gasteiger partial charge on any atom is -0.308 e. The van der Waals surface area contributed by atoms with Gasteiger partial charge in [0.05, 0.1) is 5.69 Å². The summed E-state index contributed by atoms with van der Waals surface area (Å²) >= 11 is -1.96. The van der Waals surface area contributed by atoms with Crippen LogP contribution in [0.15, 0.2) is 30.3 Å². The van der Waals surface area contributed by atoms with Crippen molar-refractivity contribution in [1.82, 2.24) is 4.90 Å². The molecular formula is C10H16N2O2S. The number of anilines is 1. The second-order valence-electron chi connectivity index (χ2n) is 3.47. The highest BCUT2D eigenvalue weighted by molar-refractivity contribution is 7.80. The molecule has 0 heterocycles. The zero-order chi connectivity index (χ0) is 11.3. The lowest BCUT2D eigenvalue weighted by Gasteiger charge is -2.21. The monoisotopic (exact) mass is 228 g/mol. The lowest BCUT2D eigenvalue weighted by Crippen LogP contribution is -2.32. The Morgan fingerprint density at radius 3 is 2.27 bits per heavy atom. The number of nitrogens with zero attached hydrogens (tertiary/aromatic N) is 2. The van der Waals surface area contributed by atoms with Gasteiger partial charge in [0, 0.05) is 13.1 Å². The van der Waals surface area contributed by atoms with Crippen molar-refractivity contribution in [2.45, 2.75) is 0 Å². The third-order valence-electron chi connectivity index (χ3n) is 1.98. The molecule has 1 N–H and O–H groups in total. The van der Waals surface area contributed by atoms with Gasteiger partial charge in [-0.1, -0.05) is 18.2 Å². The van der Waals surface area contributed by atoms with Gasteiger partial charge in [0.15, 0.2) is 0 Å². The van der Waals surface area contributed by atoms with Gasteiger partial charge in [-0.3, -0.25) is 8.86 Å². The molecule has 1 rings (SSSR count). The van der Waals surface area contributed by atoms with Crippen molar-refractivity contribution in [3.05, 3.63) is 30.3 Å². The average molecular weight is 228 g/mol. The van der Waals surface area contributed by atoms with Crippen LogP contribution < -0.4 is 4.31 Å². The molecule has 0 saturated carbocycles. The van der Waals surface area contributed by atoms with E-state index in [0.29, 0.717) is 6.54 Å². The summed E-state index contributed by atoms with van der Waals surface area (Å²) in [5, 5.41) is 0. The Bertz CT molecular complexity index is 316. The first-order chi connectivity index (χ1) is 7.11. The SMILES string of the molecule is CN(C)CCN(c1ccccc1)S(=O)O. The number of hydrogen-bond acceptors (Lipinski definition) is 2. The van der Waals surface area contributed by atoms with E-state index in [-0.39, 0.29) is 0 Å². The maximum absolute atomic E-state index is 11.1. The lowest BCUT2D eigenvalue weighted by atomic mass is 10.3. The van der Waals surface area contributed by atoms with Crippen LogP contribution in [0.25, 0.3) is 0 Å². The molecule has 0 saturated heterocycles.